The van der Waals surface area contributed by atoms with E-state index >= 15 is 0 Å². The molecular weight excluding hydrogens is 356 g/mol. The van der Waals surface area contributed by atoms with Crippen molar-refractivity contribution >= 4 is 44.4 Å². The van der Waals surface area contributed by atoms with E-state index in [1.54, 1.807) is 30.9 Å². The van der Waals surface area contributed by atoms with Gasteiger partial charge < -0.3 is 9.47 Å². The third-order valence-corrected chi connectivity index (χ3v) is 6.29. The molecule has 0 N–H and O–H groups in total. The highest BCUT2D eigenvalue weighted by atomic mass is 32.2. The van der Waals surface area contributed by atoms with Gasteiger partial charge in [-0.05, 0) is 35.9 Å². The maximum atomic E-state index is 12.5. The van der Waals surface area contributed by atoms with Crippen LogP contribution in [0.25, 0.3) is 10.2 Å². The van der Waals surface area contributed by atoms with E-state index in [0.29, 0.717) is 5.75 Å². The van der Waals surface area contributed by atoms with Crippen molar-refractivity contribution in [3.05, 3.63) is 48.0 Å². The Labute approximate surface area is 153 Å². The molecule has 7 heteroatoms. The second-order valence-corrected chi connectivity index (χ2v) is 7.61. The van der Waals surface area contributed by atoms with Gasteiger partial charge in [0.05, 0.1) is 30.2 Å². The lowest BCUT2D eigenvalue weighted by Gasteiger charge is -2.21. The molecule has 0 saturated carbocycles. The fourth-order valence-corrected chi connectivity index (χ4v) is 5.03. The van der Waals surface area contributed by atoms with Gasteiger partial charge in [0.2, 0.25) is 5.91 Å². The van der Waals surface area contributed by atoms with E-state index in [-0.39, 0.29) is 11.3 Å². The number of nitrogens with zero attached hydrogens (tertiary/aromatic N) is 2. The van der Waals surface area contributed by atoms with Gasteiger partial charge in [-0.2, -0.15) is 0 Å². The van der Waals surface area contributed by atoms with Crippen molar-refractivity contribution in [1.82, 2.24) is 4.98 Å². The van der Waals surface area contributed by atoms with E-state index in [2.05, 4.69) is 4.98 Å². The lowest BCUT2D eigenvalue weighted by molar-refractivity contribution is -0.115. The molecule has 4 rings (SSSR count). The summed E-state index contributed by atoms with van der Waals surface area (Å²) in [7, 11) is 3.29. The Hall–Kier alpha value is -2.25. The summed E-state index contributed by atoms with van der Waals surface area (Å²) in [6.45, 7) is 0. The summed E-state index contributed by atoms with van der Waals surface area (Å²) in [4.78, 5) is 19.0. The quantitative estimate of drug-likeness (QED) is 0.690. The highest BCUT2D eigenvalue weighted by Crippen LogP contribution is 2.44. The zero-order valence-electron chi connectivity index (χ0n) is 13.8. The van der Waals surface area contributed by atoms with Gasteiger partial charge in [0, 0.05) is 0 Å². The van der Waals surface area contributed by atoms with Gasteiger partial charge >= 0.3 is 0 Å². The smallest absolute Gasteiger partial charge is 0.240 e. The van der Waals surface area contributed by atoms with Gasteiger partial charge in [-0.1, -0.05) is 23.5 Å². The molecule has 1 unspecified atom stereocenters. The number of anilines is 1. The van der Waals surface area contributed by atoms with Crippen molar-refractivity contribution in [2.75, 3.05) is 24.9 Å². The minimum Gasteiger partial charge on any atom is -0.497 e. The summed E-state index contributed by atoms with van der Waals surface area (Å²) >= 11 is 3.12. The van der Waals surface area contributed by atoms with E-state index in [9.17, 15) is 4.79 Å². The van der Waals surface area contributed by atoms with E-state index in [1.807, 2.05) is 42.5 Å². The molecule has 0 radical (unpaired) electrons. The van der Waals surface area contributed by atoms with Crippen LogP contribution in [0.2, 0.25) is 0 Å². The topological polar surface area (TPSA) is 51.7 Å². The third kappa shape index (κ3) is 2.94. The largest absolute Gasteiger partial charge is 0.497 e. The number of methoxy groups -OCH3 is 2. The van der Waals surface area contributed by atoms with Gasteiger partial charge in [0.25, 0.3) is 0 Å². The van der Waals surface area contributed by atoms with Crippen molar-refractivity contribution in [1.29, 1.82) is 0 Å². The Kier molecular flexibility index (Phi) is 4.27. The Morgan fingerprint density at radius 3 is 2.52 bits per heavy atom. The number of aromatic nitrogens is 1. The normalized spacial score (nSPS) is 17.3. The van der Waals surface area contributed by atoms with Crippen LogP contribution in [0.4, 0.5) is 5.13 Å². The van der Waals surface area contributed by atoms with Gasteiger partial charge in [0.1, 0.15) is 16.9 Å². The number of hydrogen-bond acceptors (Lipinski definition) is 6. The first-order chi connectivity index (χ1) is 12.2. The van der Waals surface area contributed by atoms with E-state index in [0.717, 1.165) is 32.4 Å². The molecule has 5 nitrogen and oxygen atoms in total. The Morgan fingerprint density at radius 1 is 1.08 bits per heavy atom. The Morgan fingerprint density at radius 2 is 1.80 bits per heavy atom. The number of rotatable bonds is 4. The number of ether oxygens (including phenoxy) is 2. The zero-order valence-corrected chi connectivity index (χ0v) is 15.4. The second kappa shape index (κ2) is 6.57. The minimum atomic E-state index is -0.0686. The lowest BCUT2D eigenvalue weighted by atomic mass is 10.2. The molecule has 0 spiro atoms. The second-order valence-electron chi connectivity index (χ2n) is 5.53. The highest BCUT2D eigenvalue weighted by Gasteiger charge is 2.36. The molecule has 3 aromatic rings. The maximum absolute atomic E-state index is 12.5. The summed E-state index contributed by atoms with van der Waals surface area (Å²) in [5, 5.41) is 0.653. The fraction of sp³-hybridized carbons (Fsp3) is 0.222. The average Bonchev–Trinajstić information content (AvgIpc) is 3.23. The van der Waals surface area contributed by atoms with Gasteiger partial charge in [0.15, 0.2) is 5.13 Å². The molecule has 2 heterocycles. The first-order valence-corrected chi connectivity index (χ1v) is 9.58. The van der Waals surface area contributed by atoms with Crippen LogP contribution in [-0.4, -0.2) is 30.9 Å². The molecular formula is C18H16N2O3S2. The molecule has 128 valence electrons. The number of fused-ring (bicyclic) bond motifs is 1. The standard InChI is InChI=1S/C18H16N2O3S2/c1-22-12-5-3-11(4-6-12)17-20(16(21)10-24-17)18-19-14-8-7-13(23-2)9-15(14)25-18/h3-9,17H,10H2,1-2H3. The van der Waals surface area contributed by atoms with Crippen LogP contribution in [0.1, 0.15) is 10.9 Å². The molecule has 25 heavy (non-hydrogen) atoms. The molecule has 0 bridgehead atoms. The fourth-order valence-electron chi connectivity index (χ4n) is 2.77. The monoisotopic (exact) mass is 372 g/mol. The molecule has 2 aromatic carbocycles. The van der Waals surface area contributed by atoms with Gasteiger partial charge in [-0.25, -0.2) is 4.98 Å². The molecule has 1 aliphatic rings. The first kappa shape index (κ1) is 16.2. The summed E-state index contributed by atoms with van der Waals surface area (Å²) in [6, 6.07) is 13.6. The Balaban J connectivity index is 1.71. The van der Waals surface area contributed by atoms with Crippen molar-refractivity contribution in [2.45, 2.75) is 5.37 Å². The molecule has 1 aliphatic heterocycles. The molecule has 1 fully saturated rings. The van der Waals surface area contributed by atoms with Gasteiger partial charge in [-0.15, -0.1) is 11.8 Å². The molecule has 0 aliphatic carbocycles. The number of amides is 1. The predicted molar refractivity (Wildman–Crippen MR) is 102 cm³/mol. The summed E-state index contributed by atoms with van der Waals surface area (Å²) in [5.41, 5.74) is 1.94. The molecule has 1 atom stereocenters. The summed E-state index contributed by atoms with van der Waals surface area (Å²) in [5.74, 6) is 2.13. The molecule has 1 amide bonds. The average molecular weight is 372 g/mol. The molecule has 1 aromatic heterocycles. The van der Waals surface area contributed by atoms with Crippen LogP contribution in [-0.2, 0) is 4.79 Å². The van der Waals surface area contributed by atoms with Crippen LogP contribution in [0.3, 0.4) is 0 Å². The zero-order chi connectivity index (χ0) is 17.4. The summed E-state index contributed by atoms with van der Waals surface area (Å²) < 4.78 is 11.5. The number of carbonyl (C=O) groups excluding carboxylic acids is 1. The van der Waals surface area contributed by atoms with Crippen LogP contribution in [0.15, 0.2) is 42.5 Å². The van der Waals surface area contributed by atoms with Crippen molar-refractivity contribution in [2.24, 2.45) is 0 Å². The SMILES string of the molecule is COc1ccc(C2SCC(=O)N2c2nc3ccc(OC)cc3s2)cc1. The van der Waals surface area contributed by atoms with E-state index in [4.69, 9.17) is 9.47 Å². The number of benzene rings is 2. The number of hydrogen-bond donors (Lipinski definition) is 0. The number of thiazole rings is 1. The predicted octanol–water partition coefficient (Wildman–Crippen LogP) is 4.09. The van der Waals surface area contributed by atoms with Gasteiger partial charge in [-0.3, -0.25) is 9.69 Å². The van der Waals surface area contributed by atoms with Crippen LogP contribution < -0.4 is 14.4 Å². The van der Waals surface area contributed by atoms with Crippen molar-refractivity contribution < 1.29 is 14.3 Å². The summed E-state index contributed by atoms with van der Waals surface area (Å²) in [6.07, 6.45) is 0. The van der Waals surface area contributed by atoms with E-state index < -0.39 is 0 Å². The lowest BCUT2D eigenvalue weighted by Crippen LogP contribution is -2.27. The van der Waals surface area contributed by atoms with Crippen molar-refractivity contribution in [3.63, 3.8) is 0 Å². The molecule has 1 saturated heterocycles. The van der Waals surface area contributed by atoms with Crippen molar-refractivity contribution in [3.8, 4) is 11.5 Å². The highest BCUT2D eigenvalue weighted by molar-refractivity contribution is 8.00. The van der Waals surface area contributed by atoms with Crippen LogP contribution >= 0.6 is 23.1 Å². The third-order valence-electron chi connectivity index (χ3n) is 4.06. The van der Waals surface area contributed by atoms with Crippen LogP contribution in [0, 0.1) is 0 Å². The van der Waals surface area contributed by atoms with E-state index in [1.165, 1.54) is 11.3 Å². The first-order valence-electron chi connectivity index (χ1n) is 7.72. The maximum Gasteiger partial charge on any atom is 0.240 e. The number of thioether (sulfide) groups is 1. The van der Waals surface area contributed by atoms with Crippen LogP contribution in [0.5, 0.6) is 11.5 Å². The Bertz CT molecular complexity index is 924. The number of carbonyl (C=O) groups is 1. The minimum absolute atomic E-state index is 0.0686.